The second-order valence-corrected chi connectivity index (χ2v) is 17.6. The van der Waals surface area contributed by atoms with Crippen LogP contribution in [0.4, 0.5) is 9.59 Å². The van der Waals surface area contributed by atoms with Gasteiger partial charge in [0.2, 0.25) is 5.91 Å². The van der Waals surface area contributed by atoms with E-state index in [4.69, 9.17) is 18.9 Å². The highest BCUT2D eigenvalue weighted by Gasteiger charge is 2.55. The van der Waals surface area contributed by atoms with Crippen LogP contribution in [0.3, 0.4) is 0 Å². The normalized spacial score (nSPS) is 27.9. The number of nitrogens with one attached hydrogen (secondary N) is 3. The molecule has 22 heteroatoms. The molecule has 0 bridgehead atoms. The lowest BCUT2D eigenvalue weighted by atomic mass is 9.96. The fraction of sp³-hybridized carbons (Fsp3) is 0.805. The number of urea groups is 1. The Bertz CT molecular complexity index is 1790. The van der Waals surface area contributed by atoms with Crippen LogP contribution in [-0.4, -0.2) is 187 Å². The van der Waals surface area contributed by atoms with Gasteiger partial charge in [-0.15, -0.1) is 0 Å². The van der Waals surface area contributed by atoms with Gasteiger partial charge in [0.05, 0.1) is 6.10 Å². The molecule has 4 rings (SSSR count). The first-order chi connectivity index (χ1) is 29.7. The second-order valence-electron chi connectivity index (χ2n) is 17.6. The van der Waals surface area contributed by atoms with E-state index < -0.39 is 121 Å². The average Bonchev–Trinajstić information content (AvgIpc) is 3.74. The first-order valence-corrected chi connectivity index (χ1v) is 21.9. The van der Waals surface area contributed by atoms with Gasteiger partial charge in [-0.1, -0.05) is 64.7 Å². The third-order valence-corrected chi connectivity index (χ3v) is 11.5. The molecule has 4 heterocycles. The second kappa shape index (κ2) is 23.3. The van der Waals surface area contributed by atoms with Crippen LogP contribution in [0.5, 0.6) is 0 Å². The molecular weight excluding hydrogens is 830 g/mol. The number of aliphatic hydroxyl groups excluding tert-OH is 5. The van der Waals surface area contributed by atoms with Gasteiger partial charge in [0, 0.05) is 46.0 Å². The lowest BCUT2D eigenvalue weighted by molar-refractivity contribution is -0.233. The number of rotatable bonds is 23. The Morgan fingerprint density at radius 2 is 1.54 bits per heavy atom. The van der Waals surface area contributed by atoms with E-state index in [1.165, 1.54) is 58.1 Å². The molecule has 3 aliphatic rings. The van der Waals surface area contributed by atoms with Gasteiger partial charge in [-0.25, -0.2) is 14.4 Å². The summed E-state index contributed by atoms with van der Waals surface area (Å²) < 4.78 is 24.1. The monoisotopic (exact) mass is 899 g/mol. The minimum atomic E-state index is -1.92. The molecule has 8 N–H and O–H groups in total. The van der Waals surface area contributed by atoms with Crippen molar-refractivity contribution in [2.45, 2.75) is 171 Å². The molecule has 1 aromatic rings. The van der Waals surface area contributed by atoms with Crippen molar-refractivity contribution >= 4 is 23.9 Å². The number of ether oxygens (including phenoxy) is 4. The molecule has 0 aliphatic carbocycles. The number of H-pyrrole nitrogens is 1. The Balaban J connectivity index is 1.54. The number of nitrogens with zero attached hydrogens (tertiary/aromatic N) is 4. The topological polar surface area (TPSA) is 295 Å². The number of alkyl carbamates (subject to hydrolysis) is 1. The number of aromatic nitrogens is 2. The highest BCUT2D eigenvalue weighted by molar-refractivity contribution is 6.04. The first kappa shape index (κ1) is 51.6. The van der Waals surface area contributed by atoms with Gasteiger partial charge in [0.1, 0.15) is 60.4 Å². The van der Waals surface area contributed by atoms with E-state index in [0.29, 0.717) is 6.42 Å². The molecule has 0 radical (unpaired) electrons. The number of carbonyl (C=O) groups excluding carboxylic acids is 4. The molecule has 12 atom stereocenters. The quantitative estimate of drug-likeness (QED) is 0.0488. The summed E-state index contributed by atoms with van der Waals surface area (Å²) in [5, 5.41) is 61.3. The van der Waals surface area contributed by atoms with E-state index in [9.17, 15) is 54.3 Å². The van der Waals surface area contributed by atoms with Gasteiger partial charge < -0.3 is 60.0 Å². The van der Waals surface area contributed by atoms with Crippen molar-refractivity contribution in [1.29, 1.82) is 0 Å². The molecule has 0 saturated carbocycles. The number of unbranched alkanes of at least 4 members (excludes halogenated alkanes) is 9. The highest BCUT2D eigenvalue weighted by atomic mass is 16.7. The summed E-state index contributed by atoms with van der Waals surface area (Å²) >= 11 is 0. The van der Waals surface area contributed by atoms with Crippen LogP contribution >= 0.6 is 0 Å². The van der Waals surface area contributed by atoms with Crippen LogP contribution in [0, 0.1) is 0 Å². The molecule has 0 aromatic carbocycles. The lowest BCUT2D eigenvalue weighted by Crippen LogP contribution is -2.61. The summed E-state index contributed by atoms with van der Waals surface area (Å²) in [6, 6.07) is -2.57. The van der Waals surface area contributed by atoms with Crippen LogP contribution in [0.15, 0.2) is 21.9 Å². The smallest absolute Gasteiger partial charge is 0.407 e. The largest absolute Gasteiger partial charge is 0.444 e. The van der Waals surface area contributed by atoms with Crippen molar-refractivity contribution in [3.8, 4) is 0 Å². The minimum absolute atomic E-state index is 0.164. The summed E-state index contributed by atoms with van der Waals surface area (Å²) in [5.74, 6) is -1.44. The van der Waals surface area contributed by atoms with E-state index in [-0.39, 0.29) is 13.1 Å². The Morgan fingerprint density at radius 3 is 2.13 bits per heavy atom. The zero-order valence-electron chi connectivity index (χ0n) is 37.4. The van der Waals surface area contributed by atoms with Gasteiger partial charge in [0.15, 0.2) is 12.5 Å². The van der Waals surface area contributed by atoms with Crippen molar-refractivity contribution in [2.75, 3.05) is 40.8 Å². The molecule has 3 saturated heterocycles. The van der Waals surface area contributed by atoms with Crippen molar-refractivity contribution < 1.29 is 63.7 Å². The zero-order chi connectivity index (χ0) is 46.8. The van der Waals surface area contributed by atoms with E-state index in [1.807, 2.05) is 4.98 Å². The van der Waals surface area contributed by atoms with Gasteiger partial charge >= 0.3 is 17.8 Å². The number of carbonyl (C=O) groups is 4. The number of hydrogen-bond acceptors (Lipinski definition) is 16. The maximum Gasteiger partial charge on any atom is 0.407 e. The molecule has 1 aromatic heterocycles. The fourth-order valence-corrected chi connectivity index (χ4v) is 8.17. The molecule has 63 heavy (non-hydrogen) atoms. The van der Waals surface area contributed by atoms with Crippen LogP contribution < -0.4 is 21.9 Å². The maximum absolute atomic E-state index is 13.9. The van der Waals surface area contributed by atoms with E-state index >= 15 is 0 Å². The molecular formula is C41H69N7O15. The average molecular weight is 900 g/mol. The molecule has 8 unspecified atom stereocenters. The lowest BCUT2D eigenvalue weighted by Gasteiger charge is -2.39. The Hall–Kier alpha value is -4.00. The Labute approximate surface area is 366 Å². The third kappa shape index (κ3) is 13.3. The number of hydrogen-bond donors (Lipinski definition) is 8. The predicted molar refractivity (Wildman–Crippen MR) is 224 cm³/mol. The minimum Gasteiger partial charge on any atom is -0.444 e. The van der Waals surface area contributed by atoms with E-state index in [2.05, 4.69) is 17.6 Å². The van der Waals surface area contributed by atoms with Crippen molar-refractivity contribution in [1.82, 2.24) is 34.9 Å². The van der Waals surface area contributed by atoms with Crippen molar-refractivity contribution in [3.05, 3.63) is 33.1 Å². The van der Waals surface area contributed by atoms with Crippen LogP contribution in [-0.2, 0) is 28.5 Å². The molecule has 3 aliphatic heterocycles. The van der Waals surface area contributed by atoms with Gasteiger partial charge in [0.25, 0.3) is 11.5 Å². The molecule has 5 amide bonds. The predicted octanol–water partition coefficient (Wildman–Crippen LogP) is -0.897. The number of aromatic amines is 1. The number of amides is 5. The number of likely N-dealkylation sites (N-methyl/N-ethyl adjacent to an activating group) is 3. The maximum atomic E-state index is 13.9. The van der Waals surface area contributed by atoms with Crippen molar-refractivity contribution in [2.24, 2.45) is 0 Å². The summed E-state index contributed by atoms with van der Waals surface area (Å²) in [4.78, 5) is 83.3. The van der Waals surface area contributed by atoms with E-state index in [0.717, 1.165) is 52.3 Å². The highest BCUT2D eigenvalue weighted by Crippen LogP contribution is 2.35. The summed E-state index contributed by atoms with van der Waals surface area (Å²) in [6.07, 6.45) is -6.26. The van der Waals surface area contributed by atoms with Crippen LogP contribution in [0.25, 0.3) is 0 Å². The fourth-order valence-electron chi connectivity index (χ4n) is 8.17. The van der Waals surface area contributed by atoms with Crippen LogP contribution in [0.2, 0.25) is 0 Å². The summed E-state index contributed by atoms with van der Waals surface area (Å²) in [6.45, 7) is 6.45. The standard InChI is InChI=1S/C41H69N7O15/c1-8-9-10-11-12-13-14-15-16-17-19-47-35(56)26(46(7)40(47)59)23(49)22-45(6)27(34(55)42-5)32(33-29(52)30(53)36(61-33)48-20-18-25(50)44-38(48)57)62-37-31(54)28(51)24(60-37)21-43-39(58)63-41(2,3)4/h18,20,23-24,26-33,36-37,49,51-54H,8-17,19,21-22H2,1-7H3,(H,42,55)(H,43,58)(H,44,50,57)/t23-,24?,26-,27-,28?,29?,30?,31?,32-,33?,36?,37?/m0/s1. The summed E-state index contributed by atoms with van der Waals surface area (Å²) in [5.41, 5.74) is -2.60. The first-order valence-electron chi connectivity index (χ1n) is 21.9. The Morgan fingerprint density at radius 1 is 0.921 bits per heavy atom. The molecule has 3 fully saturated rings. The molecule has 0 spiro atoms. The van der Waals surface area contributed by atoms with Crippen molar-refractivity contribution in [3.63, 3.8) is 0 Å². The SMILES string of the molecule is CCCCCCCCCCCCN1C(=O)[C@H]([C@@H](O)CN(C)[C@H](C(=O)NC)[C@H](OC2OC(CNC(=O)OC(C)(C)C)C(O)C2O)C2OC(n3ccc(=O)[nH]c3=O)C(O)C2O)N(C)C1=O. The van der Waals surface area contributed by atoms with Gasteiger partial charge in [-0.2, -0.15) is 0 Å². The van der Waals surface area contributed by atoms with Gasteiger partial charge in [-0.3, -0.25) is 33.7 Å². The number of aliphatic hydroxyl groups is 5. The summed E-state index contributed by atoms with van der Waals surface area (Å²) in [7, 11) is 4.04. The third-order valence-electron chi connectivity index (χ3n) is 11.5. The van der Waals surface area contributed by atoms with Crippen LogP contribution in [0.1, 0.15) is 98.1 Å². The number of imide groups is 1. The molecule has 358 valence electrons. The Kier molecular flexibility index (Phi) is 19.1. The zero-order valence-corrected chi connectivity index (χ0v) is 37.4. The molecule has 22 nitrogen and oxygen atoms in total. The van der Waals surface area contributed by atoms with Gasteiger partial charge in [-0.05, 0) is 34.2 Å². The van der Waals surface area contributed by atoms with E-state index in [1.54, 1.807) is 20.8 Å².